The van der Waals surface area contributed by atoms with E-state index in [1.165, 1.54) is 141 Å². The van der Waals surface area contributed by atoms with Crippen molar-refractivity contribution in [3.05, 3.63) is 24.3 Å². The first-order valence-electron chi connectivity index (χ1n) is 49.1. The number of ether oxygens (including phenoxy) is 14. The monoisotopic (exact) mass is 1930 g/mol. The zero-order chi connectivity index (χ0) is 97.9. The summed E-state index contributed by atoms with van der Waals surface area (Å²) in [6, 6.07) is -6.53. The molecule has 42 nitrogen and oxygen atoms in total. The number of amides is 4. The number of hydrogen-bond acceptors (Lipinski definition) is 38. The first kappa shape index (κ1) is 117. The molecule has 0 radical (unpaired) electrons. The van der Waals surface area contributed by atoms with E-state index in [-0.39, 0.29) is 12.3 Å². The standard InChI is InChI=1S/C92H164N4O38/c1-6-8-10-12-14-16-18-20-21-22-23-24-25-26-27-28-29-31-33-35-37-39-41-43-64(107)96-55(56(106)42-40-38-36-34-32-30-19-17-15-13-11-9-7-2)50-121-89-78(118)76(116)83(62(49-102)128-89)132-91-79(119)84(70(110)59(46-99)125-91)133-87-67(95-54(5)105)74(114)82(61(48-101)127-87)131-92-80(120)85(71(111)63(129-92)51-122-86-65(93-52(3)103)72(112)68(108)57(44-97)123-86)134-88-66(94-53(4)104)73(113)81(60(47-100)126-88)130-90-77(117)75(115)69(109)58(45-98)124-90/h20-21,40,42,55-63,65-92,97-102,106,108-120H,6-19,22-39,41,43-51H2,1-5H3,(H,93,103)(H,94,104)(H,95,105)(H,96,107)/b21-20-,42-40+/t55-,56+,57?,58?,59?,60?,61?,62?,63?,65?,66?,67?,68+,69-,70-,71-,72+,73+,74+,75-,76+,77?,78?,79?,80?,81+,82+,83+,84-,85-,86+,87-,88-,89+,90-,91-,92-/m0/s1. The Morgan fingerprint density at radius 3 is 1.01 bits per heavy atom. The van der Waals surface area contributed by atoms with Gasteiger partial charge in [0.05, 0.1) is 65.0 Å². The van der Waals surface area contributed by atoms with E-state index in [1.54, 1.807) is 6.08 Å². The zero-order valence-electron chi connectivity index (χ0n) is 78.7. The van der Waals surface area contributed by atoms with Crippen LogP contribution in [0.5, 0.6) is 0 Å². The number of nitrogens with one attached hydrogen (secondary N) is 4. The number of carbonyl (C=O) groups excluding carboxylic acids is 4. The van der Waals surface area contributed by atoms with Crippen molar-refractivity contribution in [2.45, 2.75) is 480 Å². The van der Waals surface area contributed by atoms with Gasteiger partial charge >= 0.3 is 0 Å². The molecule has 24 N–H and O–H groups in total. The van der Waals surface area contributed by atoms with Crippen LogP contribution in [0.25, 0.3) is 0 Å². The van der Waals surface area contributed by atoms with E-state index in [4.69, 9.17) is 66.3 Å². The van der Waals surface area contributed by atoms with Crippen LogP contribution in [0.15, 0.2) is 24.3 Å². The van der Waals surface area contributed by atoms with Gasteiger partial charge < -0.3 is 190 Å². The van der Waals surface area contributed by atoms with Crippen molar-refractivity contribution in [3.63, 3.8) is 0 Å². The lowest BCUT2D eigenvalue weighted by molar-refractivity contribution is -0.389. The SMILES string of the molecule is CCCCCCCC/C=C\CCCCCCCCCCCCCCCC(=O)N[C@@H](CO[C@@H]1OC(CO)[C@@H](O[C@@H]2OC(CO)[C@H](O)[C@H](O[C@@H]3OC(CO)[C@@H](O[C@@H]4OC(CO[C@@H]5OC(CO)[C@@H](O)[C@H](O)C5NC(C)=O)[C@H](O)[C@H](O[C@@H]5OC(CO)[C@@H](O[C@@H]6OC(CO)[C@H](O)[C@H](O)C6O)[C@H](O)C5NC(C)=O)C4O)[C@H](O)C3NC(C)=O)C2O)[C@H](O)C1O)[C@H](O)/C=C/CCCCCCCCCCCCC. The van der Waals surface area contributed by atoms with E-state index in [0.29, 0.717) is 12.8 Å². The van der Waals surface area contributed by atoms with Crippen LogP contribution >= 0.6 is 0 Å². The summed E-state index contributed by atoms with van der Waals surface area (Å²) in [7, 11) is 0. The number of allylic oxidation sites excluding steroid dienone is 3. The topological polar surface area (TPSA) is 650 Å². The zero-order valence-corrected chi connectivity index (χ0v) is 78.7. The van der Waals surface area contributed by atoms with E-state index >= 15 is 0 Å². The Bertz CT molecular complexity index is 3260. The molecule has 7 fully saturated rings. The van der Waals surface area contributed by atoms with Gasteiger partial charge in [0.1, 0.15) is 171 Å². The minimum Gasteiger partial charge on any atom is -0.394 e. The second kappa shape index (κ2) is 63.1. The lowest BCUT2D eigenvalue weighted by Gasteiger charge is -2.51. The quantitative estimate of drug-likeness (QED) is 0.0242. The van der Waals surface area contributed by atoms with E-state index in [1.807, 2.05) is 6.08 Å². The Morgan fingerprint density at radius 2 is 0.604 bits per heavy atom. The molecule has 0 aromatic rings. The molecule has 0 saturated carbocycles. The lowest BCUT2D eigenvalue weighted by Crippen LogP contribution is -2.71. The first-order valence-corrected chi connectivity index (χ1v) is 49.1. The molecule has 0 aromatic heterocycles. The van der Waals surface area contributed by atoms with Crippen molar-refractivity contribution in [3.8, 4) is 0 Å². The molecule has 780 valence electrons. The second-order valence-electron chi connectivity index (χ2n) is 36.7. The number of unbranched alkanes of at least 4 members (excludes halogenated alkanes) is 30. The maximum absolute atomic E-state index is 13.7. The highest BCUT2D eigenvalue weighted by Gasteiger charge is 2.60. The van der Waals surface area contributed by atoms with Gasteiger partial charge in [-0.3, -0.25) is 19.2 Å². The van der Waals surface area contributed by atoms with Crippen molar-refractivity contribution in [2.24, 2.45) is 0 Å². The molecular formula is C92H164N4O38. The van der Waals surface area contributed by atoms with E-state index in [9.17, 15) is 121 Å². The Balaban J connectivity index is 1.01. The fourth-order valence-electron chi connectivity index (χ4n) is 18.0. The van der Waals surface area contributed by atoms with Gasteiger partial charge in [0.15, 0.2) is 44.0 Å². The van der Waals surface area contributed by atoms with Crippen LogP contribution in [0.2, 0.25) is 0 Å². The van der Waals surface area contributed by atoms with Crippen molar-refractivity contribution in [1.29, 1.82) is 0 Å². The van der Waals surface area contributed by atoms with E-state index < -0.39 is 297 Å². The van der Waals surface area contributed by atoms with Gasteiger partial charge in [0.2, 0.25) is 23.6 Å². The molecule has 7 saturated heterocycles. The summed E-state index contributed by atoms with van der Waals surface area (Å²) in [5.41, 5.74) is 0. The minimum absolute atomic E-state index is 0.152. The van der Waals surface area contributed by atoms with Crippen LogP contribution in [0.4, 0.5) is 0 Å². The van der Waals surface area contributed by atoms with Gasteiger partial charge in [-0.15, -0.1) is 0 Å². The van der Waals surface area contributed by atoms with Crippen molar-refractivity contribution >= 4 is 23.6 Å². The fourth-order valence-corrected chi connectivity index (χ4v) is 18.0. The number of rotatable bonds is 63. The summed E-state index contributed by atoms with van der Waals surface area (Å²) in [6.45, 7) is -0.103. The summed E-state index contributed by atoms with van der Waals surface area (Å²) in [5.74, 6) is -2.97. The van der Waals surface area contributed by atoms with Crippen molar-refractivity contribution < 1.29 is 188 Å². The Hall–Kier alpha value is -4.00. The third kappa shape index (κ3) is 36.4. The summed E-state index contributed by atoms with van der Waals surface area (Å²) in [5, 5.41) is 236. The maximum Gasteiger partial charge on any atom is 0.220 e. The maximum atomic E-state index is 13.7. The first-order chi connectivity index (χ1) is 64.4. The molecule has 4 amide bonds. The number of aliphatic hydroxyl groups is 20. The highest BCUT2D eigenvalue weighted by Crippen LogP contribution is 2.39. The van der Waals surface area contributed by atoms with Crippen LogP contribution in [0.3, 0.4) is 0 Å². The Kier molecular flexibility index (Phi) is 55.1. The Morgan fingerprint density at radius 1 is 0.299 bits per heavy atom. The summed E-state index contributed by atoms with van der Waals surface area (Å²) < 4.78 is 83.9. The third-order valence-corrected chi connectivity index (χ3v) is 25.9. The minimum atomic E-state index is -2.40. The average Bonchev–Trinajstić information content (AvgIpc) is 0.763. The Labute approximate surface area is 786 Å². The van der Waals surface area contributed by atoms with Crippen LogP contribution < -0.4 is 21.3 Å². The third-order valence-electron chi connectivity index (χ3n) is 25.9. The van der Waals surface area contributed by atoms with Crippen molar-refractivity contribution in [1.82, 2.24) is 21.3 Å². The normalized spacial score (nSPS) is 36.5. The predicted molar refractivity (Wildman–Crippen MR) is 475 cm³/mol. The molecule has 14 unspecified atom stereocenters. The number of aliphatic hydroxyl groups excluding tert-OH is 20. The van der Waals surface area contributed by atoms with Crippen LogP contribution in [0.1, 0.15) is 253 Å². The molecule has 0 spiro atoms. The molecule has 7 heterocycles. The van der Waals surface area contributed by atoms with Crippen LogP contribution in [-0.2, 0) is 85.5 Å². The molecule has 0 bridgehead atoms. The van der Waals surface area contributed by atoms with Crippen LogP contribution in [-0.4, -0.2) is 406 Å². The molecule has 7 aliphatic heterocycles. The number of carbonyl (C=O) groups is 4. The fraction of sp³-hybridized carbons (Fsp3) is 0.913. The average molecular weight is 1930 g/mol. The highest BCUT2D eigenvalue weighted by atomic mass is 16.8. The second-order valence-corrected chi connectivity index (χ2v) is 36.7. The van der Waals surface area contributed by atoms with Crippen LogP contribution in [0, 0.1) is 0 Å². The molecule has 134 heavy (non-hydrogen) atoms. The van der Waals surface area contributed by atoms with E-state index in [2.05, 4.69) is 47.3 Å². The molecule has 0 aliphatic carbocycles. The summed E-state index contributed by atoms with van der Waals surface area (Å²) >= 11 is 0. The highest BCUT2D eigenvalue weighted by molar-refractivity contribution is 5.76. The molecule has 42 heteroatoms. The predicted octanol–water partition coefficient (Wildman–Crippen LogP) is -1.56. The molecule has 7 rings (SSSR count). The smallest absolute Gasteiger partial charge is 0.220 e. The van der Waals surface area contributed by atoms with Gasteiger partial charge in [0.25, 0.3) is 0 Å². The van der Waals surface area contributed by atoms with E-state index in [0.717, 1.165) is 78.6 Å². The van der Waals surface area contributed by atoms with Gasteiger partial charge in [-0.1, -0.05) is 205 Å². The van der Waals surface area contributed by atoms with Gasteiger partial charge in [-0.2, -0.15) is 0 Å². The largest absolute Gasteiger partial charge is 0.394 e. The molecule has 0 aromatic carbocycles. The lowest BCUT2D eigenvalue weighted by atomic mass is 9.93. The number of hydrogen-bond donors (Lipinski definition) is 24. The van der Waals surface area contributed by atoms with Crippen molar-refractivity contribution in [2.75, 3.05) is 52.9 Å². The molecular weight excluding hydrogens is 1770 g/mol. The summed E-state index contributed by atoms with van der Waals surface area (Å²) in [6.07, 6.45) is -18.4. The molecule has 7 aliphatic rings. The summed E-state index contributed by atoms with van der Waals surface area (Å²) in [4.78, 5) is 52.3. The van der Waals surface area contributed by atoms with Gasteiger partial charge in [0, 0.05) is 27.2 Å². The molecule has 37 atom stereocenters. The van der Waals surface area contributed by atoms with Gasteiger partial charge in [-0.05, 0) is 44.9 Å². The van der Waals surface area contributed by atoms with Gasteiger partial charge in [-0.25, -0.2) is 0 Å².